The van der Waals surface area contributed by atoms with Gasteiger partial charge in [-0.1, -0.05) is 6.07 Å². The molecule has 1 aromatic carbocycles. The molecule has 0 aromatic heterocycles. The Labute approximate surface area is 121 Å². The van der Waals surface area contributed by atoms with E-state index in [9.17, 15) is 0 Å². The molecule has 0 aliphatic rings. The van der Waals surface area contributed by atoms with Crippen LogP contribution in [0.2, 0.25) is 0 Å². The van der Waals surface area contributed by atoms with Crippen LogP contribution in [0.5, 0.6) is 17.2 Å². The maximum absolute atomic E-state index is 8.95. The van der Waals surface area contributed by atoms with Crippen LogP contribution < -0.4 is 14.2 Å². The Morgan fingerprint density at radius 2 is 1.70 bits per heavy atom. The van der Waals surface area contributed by atoms with Crippen molar-refractivity contribution in [3.8, 4) is 23.3 Å². The minimum absolute atomic E-state index is 0.262. The lowest BCUT2D eigenvalue weighted by Crippen LogP contribution is -2.08. The fourth-order valence-corrected chi connectivity index (χ4v) is 1.86. The van der Waals surface area contributed by atoms with Crippen molar-refractivity contribution in [2.75, 3.05) is 20.8 Å². The highest BCUT2D eigenvalue weighted by Gasteiger charge is 2.16. The lowest BCUT2D eigenvalue weighted by Gasteiger charge is -2.16. The predicted molar refractivity (Wildman–Crippen MR) is 78.3 cm³/mol. The number of hydrogen-bond acceptors (Lipinski definition) is 4. The van der Waals surface area contributed by atoms with E-state index in [2.05, 4.69) is 6.07 Å². The molecule has 0 aliphatic heterocycles. The molecule has 20 heavy (non-hydrogen) atoms. The highest BCUT2D eigenvalue weighted by Crippen LogP contribution is 2.36. The summed E-state index contributed by atoms with van der Waals surface area (Å²) in [4.78, 5) is 0. The highest BCUT2D eigenvalue weighted by atomic mass is 16.5. The van der Waals surface area contributed by atoms with Gasteiger partial charge in [-0.3, -0.25) is 0 Å². The molecule has 1 rings (SSSR count). The maximum Gasteiger partial charge on any atom is 0.203 e. The van der Waals surface area contributed by atoms with Crippen molar-refractivity contribution >= 4 is 0 Å². The van der Waals surface area contributed by atoms with Crippen molar-refractivity contribution in [3.05, 3.63) is 18.2 Å². The first-order valence-electron chi connectivity index (χ1n) is 6.79. The standard InChI is InChI=1S/C16H23NO3/c1-16(2,12-17)10-5-6-11-20-15-13(18-3)8-7-9-14(15)19-4/h7-9H,5-6,10-11H2,1-4H3. The molecule has 0 unspecified atom stereocenters. The van der Waals surface area contributed by atoms with Gasteiger partial charge in [0.25, 0.3) is 0 Å². The molecule has 0 atom stereocenters. The number of methoxy groups -OCH3 is 2. The monoisotopic (exact) mass is 277 g/mol. The van der Waals surface area contributed by atoms with Gasteiger partial charge in [0.1, 0.15) is 0 Å². The Morgan fingerprint density at radius 3 is 2.20 bits per heavy atom. The molecule has 4 nitrogen and oxygen atoms in total. The Bertz CT molecular complexity index is 441. The molecule has 0 saturated carbocycles. The van der Waals surface area contributed by atoms with E-state index in [1.807, 2.05) is 32.0 Å². The van der Waals surface area contributed by atoms with Crippen LogP contribution in [0.3, 0.4) is 0 Å². The topological polar surface area (TPSA) is 51.5 Å². The third-order valence-corrected chi connectivity index (χ3v) is 3.13. The molecular formula is C16H23NO3. The van der Waals surface area contributed by atoms with Crippen LogP contribution in [0, 0.1) is 16.7 Å². The maximum atomic E-state index is 8.95. The Balaban J connectivity index is 2.48. The summed E-state index contributed by atoms with van der Waals surface area (Å²) in [5.74, 6) is 1.97. The van der Waals surface area contributed by atoms with Gasteiger partial charge in [-0.2, -0.15) is 5.26 Å². The summed E-state index contributed by atoms with van der Waals surface area (Å²) < 4.78 is 16.3. The van der Waals surface area contributed by atoms with Crippen LogP contribution in [0.1, 0.15) is 33.1 Å². The predicted octanol–water partition coefficient (Wildman–Crippen LogP) is 3.80. The lowest BCUT2D eigenvalue weighted by molar-refractivity contribution is 0.262. The summed E-state index contributed by atoms with van der Waals surface area (Å²) in [6.45, 7) is 4.49. The van der Waals surface area contributed by atoms with Gasteiger partial charge in [0, 0.05) is 0 Å². The van der Waals surface area contributed by atoms with Gasteiger partial charge in [0.15, 0.2) is 11.5 Å². The van der Waals surface area contributed by atoms with Crippen LogP contribution in [0.15, 0.2) is 18.2 Å². The molecule has 0 aliphatic carbocycles. The molecule has 0 amide bonds. The number of para-hydroxylation sites is 1. The fourth-order valence-electron chi connectivity index (χ4n) is 1.86. The largest absolute Gasteiger partial charge is 0.493 e. The van der Waals surface area contributed by atoms with Gasteiger partial charge in [0.05, 0.1) is 32.3 Å². The molecule has 1 aromatic rings. The normalized spacial score (nSPS) is 10.8. The summed E-state index contributed by atoms with van der Waals surface area (Å²) in [6.07, 6.45) is 2.72. The van der Waals surface area contributed by atoms with Crippen molar-refractivity contribution in [3.63, 3.8) is 0 Å². The summed E-state index contributed by atoms with van der Waals surface area (Å²) in [6, 6.07) is 7.85. The van der Waals surface area contributed by atoms with E-state index < -0.39 is 0 Å². The zero-order valence-corrected chi connectivity index (χ0v) is 12.7. The van der Waals surface area contributed by atoms with Gasteiger partial charge >= 0.3 is 0 Å². The highest BCUT2D eigenvalue weighted by molar-refractivity contribution is 5.51. The van der Waals surface area contributed by atoms with Crippen LogP contribution in [-0.2, 0) is 0 Å². The number of nitrogens with zero attached hydrogens (tertiary/aromatic N) is 1. The second-order valence-electron chi connectivity index (χ2n) is 5.29. The van der Waals surface area contributed by atoms with Crippen LogP contribution in [0.4, 0.5) is 0 Å². The molecular weight excluding hydrogens is 254 g/mol. The third-order valence-electron chi connectivity index (χ3n) is 3.13. The van der Waals surface area contributed by atoms with E-state index in [0.29, 0.717) is 23.9 Å². The van der Waals surface area contributed by atoms with E-state index in [-0.39, 0.29) is 5.41 Å². The number of hydrogen-bond donors (Lipinski definition) is 0. The Morgan fingerprint density at radius 1 is 1.10 bits per heavy atom. The SMILES string of the molecule is COc1cccc(OC)c1OCCCCC(C)(C)C#N. The van der Waals surface area contributed by atoms with Gasteiger partial charge in [-0.25, -0.2) is 0 Å². The summed E-state index contributed by atoms with van der Waals surface area (Å²) in [5.41, 5.74) is -0.262. The number of nitriles is 1. The van der Waals surface area contributed by atoms with Crippen molar-refractivity contribution < 1.29 is 14.2 Å². The van der Waals surface area contributed by atoms with E-state index in [1.165, 1.54) is 0 Å². The van der Waals surface area contributed by atoms with Crippen molar-refractivity contribution in [1.29, 1.82) is 5.26 Å². The molecule has 0 saturated heterocycles. The molecule has 4 heteroatoms. The number of rotatable bonds is 8. The first-order chi connectivity index (χ1) is 9.54. The minimum Gasteiger partial charge on any atom is -0.493 e. The van der Waals surface area contributed by atoms with Crippen LogP contribution in [0.25, 0.3) is 0 Å². The van der Waals surface area contributed by atoms with Crippen molar-refractivity contribution in [1.82, 2.24) is 0 Å². The van der Waals surface area contributed by atoms with E-state index in [1.54, 1.807) is 14.2 Å². The first kappa shape index (κ1) is 16.2. The average Bonchev–Trinajstić information content (AvgIpc) is 2.46. The van der Waals surface area contributed by atoms with E-state index in [4.69, 9.17) is 19.5 Å². The molecule has 0 fully saturated rings. The van der Waals surface area contributed by atoms with Gasteiger partial charge in [-0.05, 0) is 45.2 Å². The first-order valence-corrected chi connectivity index (χ1v) is 6.79. The van der Waals surface area contributed by atoms with E-state index >= 15 is 0 Å². The van der Waals surface area contributed by atoms with Crippen LogP contribution >= 0.6 is 0 Å². The zero-order valence-electron chi connectivity index (χ0n) is 12.7. The molecule has 0 spiro atoms. The minimum atomic E-state index is -0.262. The molecule has 0 radical (unpaired) electrons. The summed E-state index contributed by atoms with van der Waals surface area (Å²) in [5, 5.41) is 8.95. The summed E-state index contributed by atoms with van der Waals surface area (Å²) >= 11 is 0. The second kappa shape index (κ2) is 7.64. The van der Waals surface area contributed by atoms with E-state index in [0.717, 1.165) is 19.3 Å². The number of unbranched alkanes of at least 4 members (excludes halogenated alkanes) is 1. The quantitative estimate of drug-likeness (QED) is 0.678. The second-order valence-corrected chi connectivity index (χ2v) is 5.29. The lowest BCUT2D eigenvalue weighted by atomic mass is 9.89. The zero-order chi connectivity index (χ0) is 15.0. The Kier molecular flexibility index (Phi) is 6.17. The van der Waals surface area contributed by atoms with Crippen molar-refractivity contribution in [2.24, 2.45) is 5.41 Å². The third kappa shape index (κ3) is 4.65. The van der Waals surface area contributed by atoms with Crippen molar-refractivity contribution in [2.45, 2.75) is 33.1 Å². The molecule has 0 heterocycles. The fraction of sp³-hybridized carbons (Fsp3) is 0.562. The molecule has 0 N–H and O–H groups in total. The number of benzene rings is 1. The molecule has 110 valence electrons. The van der Waals surface area contributed by atoms with Crippen LogP contribution in [-0.4, -0.2) is 20.8 Å². The van der Waals surface area contributed by atoms with Gasteiger partial charge in [-0.15, -0.1) is 0 Å². The summed E-state index contributed by atoms with van der Waals surface area (Å²) in [7, 11) is 3.22. The molecule has 0 bridgehead atoms. The average molecular weight is 277 g/mol. The smallest absolute Gasteiger partial charge is 0.203 e. The number of ether oxygens (including phenoxy) is 3. The van der Waals surface area contributed by atoms with Gasteiger partial charge < -0.3 is 14.2 Å². The van der Waals surface area contributed by atoms with Gasteiger partial charge in [0.2, 0.25) is 5.75 Å². The Hall–Kier alpha value is -1.89.